The molecule has 120 valence electrons. The van der Waals surface area contributed by atoms with Gasteiger partial charge >= 0.3 is 0 Å². The van der Waals surface area contributed by atoms with Gasteiger partial charge in [-0.05, 0) is 24.6 Å². The van der Waals surface area contributed by atoms with Crippen molar-refractivity contribution in [3.05, 3.63) is 35.4 Å². The Labute approximate surface area is 130 Å². The third-order valence-corrected chi connectivity index (χ3v) is 3.57. The second-order valence-corrected chi connectivity index (χ2v) is 5.26. The lowest BCUT2D eigenvalue weighted by Crippen LogP contribution is -2.50. The fraction of sp³-hybridized carbons (Fsp3) is 0.500. The number of carbonyl (C=O) groups excluding carboxylic acids is 2. The zero-order valence-electron chi connectivity index (χ0n) is 13.0. The van der Waals surface area contributed by atoms with Crippen molar-refractivity contribution >= 4 is 11.8 Å². The van der Waals surface area contributed by atoms with Crippen LogP contribution in [0.25, 0.3) is 0 Å². The van der Waals surface area contributed by atoms with Crippen LogP contribution in [0.5, 0.6) is 0 Å². The molecule has 1 aliphatic rings. The summed E-state index contributed by atoms with van der Waals surface area (Å²) in [4.78, 5) is 26.1. The Morgan fingerprint density at radius 1 is 1.27 bits per heavy atom. The molecule has 1 N–H and O–H groups in total. The van der Waals surface area contributed by atoms with E-state index in [1.807, 2.05) is 12.1 Å². The van der Waals surface area contributed by atoms with Gasteiger partial charge in [0.25, 0.3) is 5.91 Å². The number of benzene rings is 1. The summed E-state index contributed by atoms with van der Waals surface area (Å²) in [6.45, 7) is 4.46. The van der Waals surface area contributed by atoms with Crippen molar-refractivity contribution in [1.29, 1.82) is 0 Å². The summed E-state index contributed by atoms with van der Waals surface area (Å²) in [6, 6.07) is 6.59. The van der Waals surface area contributed by atoms with Gasteiger partial charge in [0.05, 0.1) is 19.8 Å². The van der Waals surface area contributed by atoms with Crippen LogP contribution in [0.4, 0.5) is 0 Å². The van der Waals surface area contributed by atoms with Gasteiger partial charge in [0.1, 0.15) is 6.04 Å². The van der Waals surface area contributed by atoms with Crippen LogP contribution in [-0.4, -0.2) is 56.2 Å². The van der Waals surface area contributed by atoms with E-state index >= 15 is 0 Å². The largest absolute Gasteiger partial charge is 0.380 e. The molecule has 2 rings (SSSR count). The molecule has 0 radical (unpaired) electrons. The van der Waals surface area contributed by atoms with Crippen LogP contribution < -0.4 is 5.32 Å². The van der Waals surface area contributed by atoms with E-state index in [-0.39, 0.29) is 11.8 Å². The third kappa shape index (κ3) is 4.29. The van der Waals surface area contributed by atoms with Crippen LogP contribution in [0.1, 0.15) is 22.8 Å². The molecule has 0 spiro atoms. The Balaban J connectivity index is 1.91. The zero-order valence-corrected chi connectivity index (χ0v) is 13.0. The maximum absolute atomic E-state index is 12.2. The molecule has 0 aliphatic carbocycles. The van der Waals surface area contributed by atoms with E-state index in [4.69, 9.17) is 9.47 Å². The van der Waals surface area contributed by atoms with Gasteiger partial charge in [0.15, 0.2) is 0 Å². The minimum absolute atomic E-state index is 0.0762. The van der Waals surface area contributed by atoms with Gasteiger partial charge < -0.3 is 19.7 Å². The van der Waals surface area contributed by atoms with E-state index in [1.165, 1.54) is 0 Å². The Kier molecular flexibility index (Phi) is 5.91. The SMILES string of the molecule is COCc1ccc(C(=O)NC(C)C(=O)N2CCOCC2)cc1. The molecule has 1 saturated heterocycles. The number of methoxy groups -OCH3 is 1. The summed E-state index contributed by atoms with van der Waals surface area (Å²) in [5, 5.41) is 2.74. The molecule has 0 saturated carbocycles. The average Bonchev–Trinajstić information content (AvgIpc) is 2.55. The standard InChI is InChI=1S/C16H22N2O4/c1-12(16(20)18-7-9-22-10-8-18)17-15(19)14-5-3-13(4-6-14)11-21-2/h3-6,12H,7-11H2,1-2H3,(H,17,19). The van der Waals surface area contributed by atoms with Gasteiger partial charge in [-0.15, -0.1) is 0 Å². The highest BCUT2D eigenvalue weighted by Crippen LogP contribution is 2.07. The molecule has 2 amide bonds. The quantitative estimate of drug-likeness (QED) is 0.874. The van der Waals surface area contributed by atoms with E-state index < -0.39 is 6.04 Å². The first-order valence-corrected chi connectivity index (χ1v) is 7.37. The van der Waals surface area contributed by atoms with Crippen molar-refractivity contribution in [2.75, 3.05) is 33.4 Å². The Bertz CT molecular complexity index is 509. The predicted octanol–water partition coefficient (Wildman–Crippen LogP) is 0.810. The van der Waals surface area contributed by atoms with Crippen molar-refractivity contribution in [3.8, 4) is 0 Å². The molecule has 6 nitrogen and oxygen atoms in total. The first-order chi connectivity index (χ1) is 10.6. The summed E-state index contributed by atoms with van der Waals surface area (Å²) in [5.74, 6) is -0.328. The molecule has 6 heteroatoms. The molecule has 0 aromatic heterocycles. The molecular weight excluding hydrogens is 284 g/mol. The second kappa shape index (κ2) is 7.91. The molecule has 22 heavy (non-hydrogen) atoms. The number of morpholine rings is 1. The van der Waals surface area contributed by atoms with Crippen molar-refractivity contribution in [2.45, 2.75) is 19.6 Å². The lowest BCUT2D eigenvalue weighted by molar-refractivity contribution is -0.136. The Morgan fingerprint density at radius 2 is 1.91 bits per heavy atom. The first-order valence-electron chi connectivity index (χ1n) is 7.37. The highest BCUT2D eigenvalue weighted by molar-refractivity contribution is 5.97. The number of carbonyl (C=O) groups is 2. The van der Waals surface area contributed by atoms with Crippen LogP contribution >= 0.6 is 0 Å². The number of rotatable bonds is 5. The maximum atomic E-state index is 12.2. The van der Waals surface area contributed by atoms with Gasteiger partial charge in [0.2, 0.25) is 5.91 Å². The highest BCUT2D eigenvalue weighted by Gasteiger charge is 2.23. The van der Waals surface area contributed by atoms with Crippen LogP contribution in [0.3, 0.4) is 0 Å². The van der Waals surface area contributed by atoms with E-state index in [2.05, 4.69) is 5.32 Å². The Morgan fingerprint density at radius 3 is 2.50 bits per heavy atom. The van der Waals surface area contributed by atoms with Crippen molar-refractivity contribution in [2.24, 2.45) is 0 Å². The van der Waals surface area contributed by atoms with E-state index in [0.29, 0.717) is 38.5 Å². The monoisotopic (exact) mass is 306 g/mol. The third-order valence-electron chi connectivity index (χ3n) is 3.57. The molecule has 1 aliphatic heterocycles. The maximum Gasteiger partial charge on any atom is 0.251 e. The molecule has 1 atom stereocenters. The van der Waals surface area contributed by atoms with Crippen LogP contribution in [-0.2, 0) is 20.9 Å². The molecule has 1 aromatic rings. The first kappa shape index (κ1) is 16.5. The average molecular weight is 306 g/mol. The van der Waals surface area contributed by atoms with Gasteiger partial charge in [-0.3, -0.25) is 9.59 Å². The van der Waals surface area contributed by atoms with Crippen LogP contribution in [0.2, 0.25) is 0 Å². The highest BCUT2D eigenvalue weighted by atomic mass is 16.5. The van der Waals surface area contributed by atoms with Gasteiger partial charge in [-0.25, -0.2) is 0 Å². The van der Waals surface area contributed by atoms with Crippen molar-refractivity contribution < 1.29 is 19.1 Å². The summed E-state index contributed by atoms with van der Waals surface area (Å²) in [7, 11) is 1.62. The lowest BCUT2D eigenvalue weighted by atomic mass is 10.1. The fourth-order valence-electron chi connectivity index (χ4n) is 2.32. The Hall–Kier alpha value is -1.92. The molecule has 1 fully saturated rings. The molecule has 1 unspecified atom stereocenters. The van der Waals surface area contributed by atoms with E-state index in [0.717, 1.165) is 5.56 Å². The molecule has 1 heterocycles. The predicted molar refractivity (Wildman–Crippen MR) is 81.5 cm³/mol. The summed E-state index contributed by atoms with van der Waals surface area (Å²) < 4.78 is 10.3. The summed E-state index contributed by atoms with van der Waals surface area (Å²) in [6.07, 6.45) is 0. The van der Waals surface area contributed by atoms with Crippen LogP contribution in [0.15, 0.2) is 24.3 Å². The molecule has 1 aromatic carbocycles. The number of amides is 2. The normalized spacial score (nSPS) is 16.2. The number of hydrogen-bond acceptors (Lipinski definition) is 4. The summed E-state index contributed by atoms with van der Waals surface area (Å²) >= 11 is 0. The van der Waals surface area contributed by atoms with Crippen LogP contribution in [0, 0.1) is 0 Å². The topological polar surface area (TPSA) is 67.9 Å². The number of hydrogen-bond donors (Lipinski definition) is 1. The van der Waals surface area contributed by atoms with Crippen molar-refractivity contribution in [3.63, 3.8) is 0 Å². The van der Waals surface area contributed by atoms with Gasteiger partial charge in [0, 0.05) is 25.8 Å². The molecule has 0 bridgehead atoms. The zero-order chi connectivity index (χ0) is 15.9. The van der Waals surface area contributed by atoms with Crippen molar-refractivity contribution in [1.82, 2.24) is 10.2 Å². The minimum Gasteiger partial charge on any atom is -0.380 e. The fourth-order valence-corrected chi connectivity index (χ4v) is 2.32. The second-order valence-electron chi connectivity index (χ2n) is 5.26. The van der Waals surface area contributed by atoms with E-state index in [1.54, 1.807) is 31.1 Å². The molecular formula is C16H22N2O4. The number of ether oxygens (including phenoxy) is 2. The number of nitrogens with one attached hydrogen (secondary N) is 1. The summed E-state index contributed by atoms with van der Waals surface area (Å²) in [5.41, 5.74) is 1.53. The number of nitrogens with zero attached hydrogens (tertiary/aromatic N) is 1. The smallest absolute Gasteiger partial charge is 0.251 e. The van der Waals surface area contributed by atoms with Gasteiger partial charge in [-0.1, -0.05) is 12.1 Å². The minimum atomic E-state index is -0.552. The lowest BCUT2D eigenvalue weighted by Gasteiger charge is -2.29. The van der Waals surface area contributed by atoms with E-state index in [9.17, 15) is 9.59 Å². The van der Waals surface area contributed by atoms with Gasteiger partial charge in [-0.2, -0.15) is 0 Å².